The fraction of sp³-hybridized carbons (Fsp3) is 1.00. The Hall–Kier alpha value is -0.800. The number of rotatable bonds is 7. The van der Waals surface area contributed by atoms with Crippen molar-refractivity contribution in [2.45, 2.75) is 52.1 Å². The highest BCUT2D eigenvalue weighted by atomic mass is 17.0. The minimum absolute atomic E-state index is 0.253. The molecule has 1 atom stereocenters. The van der Waals surface area contributed by atoms with Crippen LogP contribution >= 0.6 is 0 Å². The minimum Gasteiger partial charge on any atom is -0.311 e. The summed E-state index contributed by atoms with van der Waals surface area (Å²) >= 11 is 0. The van der Waals surface area contributed by atoms with Gasteiger partial charge in [-0.05, 0) is 13.3 Å². The third-order valence-corrected chi connectivity index (χ3v) is 1.73. The van der Waals surface area contributed by atoms with E-state index < -0.39 is 5.09 Å². The van der Waals surface area contributed by atoms with Gasteiger partial charge in [0.15, 0.2) is 0 Å². The molecular formula is C8H17NO3. The molecule has 0 radical (unpaired) electrons. The average molecular weight is 175 g/mol. The summed E-state index contributed by atoms with van der Waals surface area (Å²) < 4.78 is 0. The second-order valence-electron chi connectivity index (χ2n) is 2.99. The predicted octanol–water partition coefficient (Wildman–Crippen LogP) is 2.55. The van der Waals surface area contributed by atoms with Crippen LogP contribution in [0, 0.1) is 10.1 Å². The summed E-state index contributed by atoms with van der Waals surface area (Å²) in [6.07, 6.45) is 5.07. The van der Waals surface area contributed by atoms with Crippen molar-refractivity contribution in [1.29, 1.82) is 0 Å². The summed E-state index contributed by atoms with van der Waals surface area (Å²) in [6, 6.07) is 0. The van der Waals surface area contributed by atoms with Crippen LogP contribution < -0.4 is 0 Å². The normalized spacial score (nSPS) is 12.5. The van der Waals surface area contributed by atoms with Crippen molar-refractivity contribution in [2.75, 3.05) is 0 Å². The van der Waals surface area contributed by atoms with Gasteiger partial charge in [-0.3, -0.25) is 0 Å². The fourth-order valence-electron chi connectivity index (χ4n) is 1.06. The monoisotopic (exact) mass is 175 g/mol. The van der Waals surface area contributed by atoms with E-state index in [0.717, 1.165) is 19.3 Å². The average Bonchev–Trinajstić information content (AvgIpc) is 1.97. The van der Waals surface area contributed by atoms with Gasteiger partial charge in [0, 0.05) is 0 Å². The molecule has 0 fully saturated rings. The molecule has 0 aliphatic rings. The summed E-state index contributed by atoms with van der Waals surface area (Å²) in [5, 5.41) is 9.16. The number of nitrogens with zero attached hydrogens (tertiary/aromatic N) is 1. The van der Waals surface area contributed by atoms with E-state index in [1.54, 1.807) is 6.92 Å². The molecule has 0 aromatic rings. The summed E-state index contributed by atoms with van der Waals surface area (Å²) in [7, 11) is 0. The Morgan fingerprint density at radius 3 is 2.58 bits per heavy atom. The third-order valence-electron chi connectivity index (χ3n) is 1.73. The van der Waals surface area contributed by atoms with Gasteiger partial charge in [0.1, 0.15) is 6.10 Å². The minimum atomic E-state index is -0.718. The van der Waals surface area contributed by atoms with Crippen molar-refractivity contribution in [1.82, 2.24) is 0 Å². The quantitative estimate of drug-likeness (QED) is 0.339. The lowest BCUT2D eigenvalue weighted by atomic mass is 10.1. The molecule has 0 spiro atoms. The van der Waals surface area contributed by atoms with Crippen molar-refractivity contribution in [2.24, 2.45) is 0 Å². The molecule has 0 N–H and O–H groups in total. The van der Waals surface area contributed by atoms with Crippen LogP contribution in [0.2, 0.25) is 0 Å². The number of hydrogen-bond acceptors (Lipinski definition) is 3. The molecule has 0 rings (SSSR count). The molecule has 4 nitrogen and oxygen atoms in total. The van der Waals surface area contributed by atoms with Crippen LogP contribution in [0.15, 0.2) is 0 Å². The van der Waals surface area contributed by atoms with Crippen molar-refractivity contribution < 1.29 is 9.92 Å². The lowest BCUT2D eigenvalue weighted by Gasteiger charge is -2.07. The molecule has 0 unspecified atom stereocenters. The Bertz CT molecular complexity index is 127. The van der Waals surface area contributed by atoms with E-state index in [1.165, 1.54) is 12.8 Å². The van der Waals surface area contributed by atoms with Crippen LogP contribution in [0.1, 0.15) is 46.0 Å². The van der Waals surface area contributed by atoms with E-state index >= 15 is 0 Å². The summed E-state index contributed by atoms with van der Waals surface area (Å²) in [4.78, 5) is 14.2. The highest BCUT2D eigenvalue weighted by Gasteiger charge is 2.05. The Kier molecular flexibility index (Phi) is 6.42. The molecule has 0 saturated carbocycles. The first-order chi connectivity index (χ1) is 5.66. The van der Waals surface area contributed by atoms with E-state index in [0.29, 0.717) is 0 Å². The van der Waals surface area contributed by atoms with Crippen molar-refractivity contribution in [3.63, 3.8) is 0 Å². The molecule has 0 bridgehead atoms. The van der Waals surface area contributed by atoms with E-state index in [-0.39, 0.29) is 6.10 Å². The van der Waals surface area contributed by atoms with E-state index in [9.17, 15) is 10.1 Å². The Morgan fingerprint density at radius 2 is 2.08 bits per heavy atom. The molecule has 0 saturated heterocycles. The van der Waals surface area contributed by atoms with E-state index in [1.807, 2.05) is 0 Å². The first kappa shape index (κ1) is 11.2. The van der Waals surface area contributed by atoms with Crippen molar-refractivity contribution >= 4 is 0 Å². The second-order valence-corrected chi connectivity index (χ2v) is 2.99. The molecule has 0 aromatic heterocycles. The molecule has 4 heteroatoms. The molecule has 72 valence electrons. The molecule has 0 aliphatic heterocycles. The third kappa shape index (κ3) is 7.31. The molecule has 12 heavy (non-hydrogen) atoms. The van der Waals surface area contributed by atoms with Crippen LogP contribution in [-0.2, 0) is 4.84 Å². The molecule has 0 amide bonds. The van der Waals surface area contributed by atoms with Crippen molar-refractivity contribution in [3.8, 4) is 0 Å². The summed E-state index contributed by atoms with van der Waals surface area (Å²) in [6.45, 7) is 3.87. The highest BCUT2D eigenvalue weighted by Crippen LogP contribution is 2.07. The molecule has 0 heterocycles. The highest BCUT2D eigenvalue weighted by molar-refractivity contribution is 4.48. The first-order valence-corrected chi connectivity index (χ1v) is 4.48. The largest absolute Gasteiger partial charge is 0.311 e. The van der Waals surface area contributed by atoms with Gasteiger partial charge in [-0.15, -0.1) is 10.1 Å². The smallest absolute Gasteiger partial charge is 0.294 e. The van der Waals surface area contributed by atoms with Crippen LogP contribution in [0.3, 0.4) is 0 Å². The zero-order chi connectivity index (χ0) is 9.40. The van der Waals surface area contributed by atoms with E-state index in [4.69, 9.17) is 0 Å². The van der Waals surface area contributed by atoms with Crippen LogP contribution in [-0.4, -0.2) is 11.2 Å². The zero-order valence-electron chi connectivity index (χ0n) is 7.78. The van der Waals surface area contributed by atoms with Gasteiger partial charge in [0.25, 0.3) is 5.09 Å². The van der Waals surface area contributed by atoms with Gasteiger partial charge in [0.05, 0.1) is 0 Å². The second kappa shape index (κ2) is 6.88. The number of unbranched alkanes of at least 4 members (excludes halogenated alkanes) is 3. The zero-order valence-corrected chi connectivity index (χ0v) is 7.78. The standard InChI is InChI=1S/C8H17NO3/c1-3-4-5-6-7-8(2)12-9(10)11/h8H,3-7H2,1-2H3/t8-/m1/s1. The lowest BCUT2D eigenvalue weighted by Crippen LogP contribution is -2.12. The van der Waals surface area contributed by atoms with Crippen LogP contribution in [0.25, 0.3) is 0 Å². The van der Waals surface area contributed by atoms with E-state index in [2.05, 4.69) is 11.8 Å². The van der Waals surface area contributed by atoms with Gasteiger partial charge >= 0.3 is 0 Å². The molecular weight excluding hydrogens is 158 g/mol. The first-order valence-electron chi connectivity index (χ1n) is 4.48. The van der Waals surface area contributed by atoms with Gasteiger partial charge < -0.3 is 4.84 Å². The maximum atomic E-state index is 9.88. The topological polar surface area (TPSA) is 52.4 Å². The Morgan fingerprint density at radius 1 is 1.42 bits per heavy atom. The van der Waals surface area contributed by atoms with Gasteiger partial charge in [-0.1, -0.05) is 32.6 Å². The maximum Gasteiger partial charge on any atom is 0.294 e. The Balaban J connectivity index is 3.19. The SMILES string of the molecule is CCCCCC[C@@H](C)O[N+](=O)[O-]. The van der Waals surface area contributed by atoms with Crippen LogP contribution in [0.5, 0.6) is 0 Å². The van der Waals surface area contributed by atoms with Gasteiger partial charge in [-0.25, -0.2) is 0 Å². The molecule has 0 aliphatic carbocycles. The summed E-state index contributed by atoms with van der Waals surface area (Å²) in [5.74, 6) is 0. The lowest BCUT2D eigenvalue weighted by molar-refractivity contribution is -0.767. The fourth-order valence-corrected chi connectivity index (χ4v) is 1.06. The van der Waals surface area contributed by atoms with Gasteiger partial charge in [-0.2, -0.15) is 0 Å². The number of hydrogen-bond donors (Lipinski definition) is 0. The van der Waals surface area contributed by atoms with Crippen molar-refractivity contribution in [3.05, 3.63) is 10.1 Å². The maximum absolute atomic E-state index is 9.88. The van der Waals surface area contributed by atoms with Crippen LogP contribution in [0.4, 0.5) is 0 Å². The molecule has 0 aromatic carbocycles. The predicted molar refractivity (Wildman–Crippen MR) is 46.3 cm³/mol. The summed E-state index contributed by atoms with van der Waals surface area (Å²) in [5.41, 5.74) is 0. The Labute approximate surface area is 73.0 Å². The van der Waals surface area contributed by atoms with Gasteiger partial charge in [0.2, 0.25) is 0 Å².